The van der Waals surface area contributed by atoms with Gasteiger partial charge in [0.15, 0.2) is 0 Å². The quantitative estimate of drug-likeness (QED) is 0.259. The molecule has 27 heavy (non-hydrogen) atoms. The topological polar surface area (TPSA) is 20.1 Å². The number of hydrogen-bond acceptors (Lipinski definition) is 0. The predicted octanol–water partition coefficient (Wildman–Crippen LogP) is 5.13. The molecule has 134 valence electrons. The molecule has 3 nitrogen and oxygen atoms in total. The summed E-state index contributed by atoms with van der Waals surface area (Å²) in [6.45, 7) is 0. The summed E-state index contributed by atoms with van der Waals surface area (Å²) in [5, 5.41) is 1.22. The maximum absolute atomic E-state index is 4.12. The smallest absolute Gasteiger partial charge is 0.664 e. The number of nitrogens with zero attached hydrogens (tertiary/aromatic N) is 3. The van der Waals surface area contributed by atoms with Gasteiger partial charge in [0.25, 0.3) is 12.4 Å². The van der Waals surface area contributed by atoms with E-state index in [4.69, 9.17) is 0 Å². The molecule has 0 radical (unpaired) electrons. The van der Waals surface area contributed by atoms with E-state index in [1.807, 2.05) is 88.4 Å². The SMILES string of the molecule is C1=[N+](c2ccccc2)C=C[N+]=1c1ccccc1.[Au+].c1ccc2[n-]ccc2c1. The molecule has 0 bridgehead atoms. The standard InChI is InChI=1S/C15H12N2.C8H6N.Au/c1-3-7-14(8-4-1)16-11-12-17(13-16)15-9-5-2-6-10-15;1-2-4-8-7(3-1)5-6-9-8;/h1-12H;1-6H;/q+2;-1;+1. The maximum Gasteiger partial charge on any atom is 1.00 e. The minimum atomic E-state index is 0. The van der Waals surface area contributed by atoms with Crippen molar-refractivity contribution < 1.29 is 31.5 Å². The van der Waals surface area contributed by atoms with Crippen LogP contribution in [-0.4, -0.2) is 15.2 Å². The first-order valence-corrected chi connectivity index (χ1v) is 8.50. The Kier molecular flexibility index (Phi) is 6.37. The summed E-state index contributed by atoms with van der Waals surface area (Å²) in [6.07, 6.45) is 5.83. The molecule has 0 unspecified atom stereocenters. The summed E-state index contributed by atoms with van der Waals surface area (Å²) in [5.41, 5.74) is 3.31. The maximum atomic E-state index is 4.12. The van der Waals surface area contributed by atoms with Gasteiger partial charge in [-0.3, -0.25) is 0 Å². The summed E-state index contributed by atoms with van der Waals surface area (Å²) in [5.74, 6) is 0. The van der Waals surface area contributed by atoms with Gasteiger partial charge in [-0.15, -0.1) is 5.52 Å². The van der Waals surface area contributed by atoms with Gasteiger partial charge in [0, 0.05) is 24.3 Å². The van der Waals surface area contributed by atoms with Crippen LogP contribution in [0.4, 0.5) is 11.4 Å². The van der Waals surface area contributed by atoms with Crippen LogP contribution in [-0.2, 0) is 22.4 Å². The van der Waals surface area contributed by atoms with E-state index in [9.17, 15) is 0 Å². The first-order valence-electron chi connectivity index (χ1n) is 8.50. The van der Waals surface area contributed by atoms with Crippen LogP contribution in [0.1, 0.15) is 0 Å². The Balaban J connectivity index is 0.000000178. The molecule has 0 N–H and O–H groups in total. The van der Waals surface area contributed by atoms with Crippen molar-refractivity contribution in [3.8, 4) is 0 Å². The summed E-state index contributed by atoms with van der Waals surface area (Å²) < 4.78 is 3.96. The molecule has 0 fully saturated rings. The van der Waals surface area contributed by atoms with Crippen LogP contribution in [0.2, 0.25) is 0 Å². The van der Waals surface area contributed by atoms with Crippen molar-refractivity contribution in [2.75, 3.05) is 0 Å². The zero-order valence-electron chi connectivity index (χ0n) is 14.5. The molecule has 0 amide bonds. The Morgan fingerprint density at radius 3 is 1.67 bits per heavy atom. The average molecular weight is 533 g/mol. The zero-order valence-corrected chi connectivity index (χ0v) is 16.7. The third-order valence-corrected chi connectivity index (χ3v) is 4.05. The summed E-state index contributed by atoms with van der Waals surface area (Å²) in [4.78, 5) is 4.12. The third kappa shape index (κ3) is 4.62. The molecular formula is C23H18AuN3+2. The molecule has 0 aliphatic carbocycles. The van der Waals surface area contributed by atoms with E-state index in [0.717, 1.165) is 16.9 Å². The fourth-order valence-corrected chi connectivity index (χ4v) is 2.72. The Hall–Kier alpha value is -2.94. The summed E-state index contributed by atoms with van der Waals surface area (Å²) in [6, 6.07) is 33.7. The molecule has 4 aromatic rings. The molecule has 1 aliphatic rings. The van der Waals surface area contributed by atoms with Crippen LogP contribution < -0.4 is 4.98 Å². The van der Waals surface area contributed by atoms with Crippen LogP contribution in [0.15, 0.2) is 110 Å². The van der Waals surface area contributed by atoms with Crippen LogP contribution >= 0.6 is 0 Å². The molecule has 1 aromatic heterocycles. The average Bonchev–Trinajstić information content (AvgIpc) is 3.40. The molecule has 0 saturated carbocycles. The van der Waals surface area contributed by atoms with Crippen molar-refractivity contribution >= 4 is 28.3 Å². The third-order valence-electron chi connectivity index (χ3n) is 4.05. The number of benzene rings is 3. The molecule has 3 aromatic carbocycles. The van der Waals surface area contributed by atoms with Crippen LogP contribution in [0.5, 0.6) is 0 Å². The largest absolute Gasteiger partial charge is 1.00 e. The first-order chi connectivity index (χ1) is 12.9. The van der Waals surface area contributed by atoms with E-state index >= 15 is 0 Å². The normalized spacial score (nSPS) is 11.9. The van der Waals surface area contributed by atoms with Crippen molar-refractivity contribution in [3.63, 3.8) is 0 Å². The molecule has 0 spiro atoms. The van der Waals surface area contributed by atoms with Gasteiger partial charge in [-0.2, -0.15) is 6.20 Å². The first kappa shape index (κ1) is 18.8. The molecular weight excluding hydrogens is 515 g/mol. The van der Waals surface area contributed by atoms with E-state index in [1.54, 1.807) is 0 Å². The Bertz CT molecular complexity index is 1020. The Morgan fingerprint density at radius 1 is 0.593 bits per heavy atom. The van der Waals surface area contributed by atoms with Gasteiger partial charge in [0.05, 0.1) is 0 Å². The van der Waals surface area contributed by atoms with E-state index < -0.39 is 0 Å². The zero-order chi connectivity index (χ0) is 17.6. The van der Waals surface area contributed by atoms with Gasteiger partial charge in [-0.1, -0.05) is 75.9 Å². The summed E-state index contributed by atoms with van der Waals surface area (Å²) >= 11 is 0. The number of rotatable bonds is 2. The van der Waals surface area contributed by atoms with E-state index in [0.29, 0.717) is 0 Å². The molecule has 0 atom stereocenters. The molecule has 2 heterocycles. The van der Waals surface area contributed by atoms with Crippen molar-refractivity contribution in [2.24, 2.45) is 0 Å². The van der Waals surface area contributed by atoms with Crippen molar-refractivity contribution in [1.82, 2.24) is 4.98 Å². The minimum Gasteiger partial charge on any atom is -0.664 e. The van der Waals surface area contributed by atoms with Gasteiger partial charge >= 0.3 is 28.4 Å². The van der Waals surface area contributed by atoms with Crippen LogP contribution in [0.3, 0.4) is 0 Å². The number of fused-ring (bicyclic) bond motifs is 1. The van der Waals surface area contributed by atoms with Gasteiger partial charge < -0.3 is 4.98 Å². The molecule has 5 rings (SSSR count). The molecule has 4 heteroatoms. The Labute approximate surface area is 174 Å². The van der Waals surface area contributed by atoms with Crippen LogP contribution in [0, 0.1) is 0 Å². The second-order valence-corrected chi connectivity index (χ2v) is 5.81. The van der Waals surface area contributed by atoms with Gasteiger partial charge in [-0.25, -0.2) is 0 Å². The van der Waals surface area contributed by atoms with Gasteiger partial charge in [0.2, 0.25) is 11.4 Å². The number of hydrogen-bond donors (Lipinski definition) is 0. The minimum absolute atomic E-state index is 0. The second kappa shape index (κ2) is 9.13. The molecule has 1 aliphatic heterocycles. The fourth-order valence-electron chi connectivity index (χ4n) is 2.72. The van der Waals surface area contributed by atoms with Crippen LogP contribution in [0.25, 0.3) is 10.9 Å². The second-order valence-electron chi connectivity index (χ2n) is 5.81. The fraction of sp³-hybridized carbons (Fsp3) is 0. The van der Waals surface area contributed by atoms with Crippen molar-refractivity contribution in [2.45, 2.75) is 0 Å². The van der Waals surface area contributed by atoms with Crippen molar-refractivity contribution in [1.29, 1.82) is 0 Å². The van der Waals surface area contributed by atoms with E-state index in [-0.39, 0.29) is 22.4 Å². The van der Waals surface area contributed by atoms with Crippen molar-refractivity contribution in [3.05, 3.63) is 110 Å². The van der Waals surface area contributed by atoms with E-state index in [2.05, 4.69) is 41.3 Å². The number of aromatic nitrogens is 1. The predicted molar refractivity (Wildman–Crippen MR) is 104 cm³/mol. The van der Waals surface area contributed by atoms with Gasteiger partial charge in [-0.05, 0) is 5.39 Å². The summed E-state index contributed by atoms with van der Waals surface area (Å²) in [7, 11) is 0. The Morgan fingerprint density at radius 2 is 1.11 bits per heavy atom. The molecule has 0 saturated heterocycles. The van der Waals surface area contributed by atoms with Gasteiger partial charge in [0.1, 0.15) is 0 Å². The monoisotopic (exact) mass is 533 g/mol. The number of para-hydroxylation sites is 3. The van der Waals surface area contributed by atoms with E-state index in [1.165, 1.54) is 5.39 Å².